The Balaban J connectivity index is 1.85. The largest absolute Gasteiger partial charge is 0.480 e. The predicted octanol–water partition coefficient (Wildman–Crippen LogP) is 3.63. The summed E-state index contributed by atoms with van der Waals surface area (Å²) in [6.07, 6.45) is 2.90. The van der Waals surface area contributed by atoms with E-state index in [1.165, 1.54) is 18.4 Å². The summed E-state index contributed by atoms with van der Waals surface area (Å²) in [5.41, 5.74) is 1.28. The first-order valence-electron chi connectivity index (χ1n) is 9.32. The lowest BCUT2D eigenvalue weighted by Gasteiger charge is -2.16. The summed E-state index contributed by atoms with van der Waals surface area (Å²) in [4.78, 5) is 37.1. The van der Waals surface area contributed by atoms with E-state index in [9.17, 15) is 19.5 Å². The van der Waals surface area contributed by atoms with Crippen LogP contribution in [0.3, 0.4) is 0 Å². The molecular weight excluding hydrogens is 464 g/mol. The summed E-state index contributed by atoms with van der Waals surface area (Å²) in [6.45, 7) is 0. The van der Waals surface area contributed by atoms with Crippen molar-refractivity contribution < 1.29 is 23.9 Å². The van der Waals surface area contributed by atoms with Crippen molar-refractivity contribution in [2.24, 2.45) is 0 Å². The molecule has 3 aromatic rings. The van der Waals surface area contributed by atoms with E-state index in [0.29, 0.717) is 5.56 Å². The second-order valence-electron chi connectivity index (χ2n) is 6.60. The normalized spacial score (nSPS) is 12.1. The highest BCUT2D eigenvalue weighted by molar-refractivity contribution is 9.10. The van der Waals surface area contributed by atoms with Crippen molar-refractivity contribution in [3.63, 3.8) is 0 Å². The topological polar surface area (TPSA) is 109 Å². The third kappa shape index (κ3) is 6.42. The summed E-state index contributed by atoms with van der Waals surface area (Å²) < 4.78 is 5.85. The SMILES string of the molecule is O=C(N[C@@H](Cc1ccccc1)C(=O)O)/C(=C/c1cccc(Br)c1)NC(=O)c1ccco1. The van der Waals surface area contributed by atoms with Crippen LogP contribution in [-0.4, -0.2) is 28.9 Å². The quantitative estimate of drug-likeness (QED) is 0.424. The van der Waals surface area contributed by atoms with Crippen LogP contribution in [0.2, 0.25) is 0 Å². The molecular formula is C23H19BrN2O5. The van der Waals surface area contributed by atoms with E-state index in [2.05, 4.69) is 26.6 Å². The van der Waals surface area contributed by atoms with Gasteiger partial charge in [0, 0.05) is 10.9 Å². The van der Waals surface area contributed by atoms with Gasteiger partial charge in [0.15, 0.2) is 5.76 Å². The molecule has 0 saturated heterocycles. The van der Waals surface area contributed by atoms with Gasteiger partial charge >= 0.3 is 5.97 Å². The van der Waals surface area contributed by atoms with Crippen LogP contribution in [0.4, 0.5) is 0 Å². The van der Waals surface area contributed by atoms with Gasteiger partial charge in [-0.25, -0.2) is 4.79 Å². The highest BCUT2D eigenvalue weighted by Gasteiger charge is 2.24. The molecule has 0 unspecified atom stereocenters. The van der Waals surface area contributed by atoms with Gasteiger partial charge in [0.1, 0.15) is 11.7 Å². The summed E-state index contributed by atoms with van der Waals surface area (Å²) in [7, 11) is 0. The highest BCUT2D eigenvalue weighted by atomic mass is 79.9. The zero-order valence-electron chi connectivity index (χ0n) is 16.2. The maximum absolute atomic E-state index is 12.9. The lowest BCUT2D eigenvalue weighted by Crippen LogP contribution is -2.45. The number of carboxylic acids is 1. The van der Waals surface area contributed by atoms with Gasteiger partial charge in [0.05, 0.1) is 6.26 Å². The molecule has 2 amide bonds. The number of amides is 2. The first-order chi connectivity index (χ1) is 14.9. The van der Waals surface area contributed by atoms with E-state index in [1.54, 1.807) is 48.5 Å². The number of hydrogen-bond donors (Lipinski definition) is 3. The fourth-order valence-electron chi connectivity index (χ4n) is 2.80. The molecule has 8 heteroatoms. The average molecular weight is 483 g/mol. The van der Waals surface area contributed by atoms with E-state index in [4.69, 9.17) is 4.42 Å². The highest BCUT2D eigenvalue weighted by Crippen LogP contribution is 2.15. The molecule has 1 atom stereocenters. The zero-order valence-corrected chi connectivity index (χ0v) is 17.8. The number of nitrogens with one attached hydrogen (secondary N) is 2. The number of furan rings is 1. The summed E-state index contributed by atoms with van der Waals surface area (Å²) >= 11 is 3.36. The molecule has 1 aromatic heterocycles. The second kappa shape index (κ2) is 10.4. The first kappa shape index (κ1) is 22.0. The molecule has 2 aromatic carbocycles. The van der Waals surface area contributed by atoms with Crippen LogP contribution in [-0.2, 0) is 16.0 Å². The minimum absolute atomic E-state index is 0.0204. The minimum Gasteiger partial charge on any atom is -0.480 e. The third-order valence-corrected chi connectivity index (χ3v) is 4.78. The summed E-state index contributed by atoms with van der Waals surface area (Å²) in [6, 6.07) is 17.9. The van der Waals surface area contributed by atoms with Crippen LogP contribution in [0.1, 0.15) is 21.7 Å². The van der Waals surface area contributed by atoms with Crippen LogP contribution in [0.5, 0.6) is 0 Å². The van der Waals surface area contributed by atoms with Gasteiger partial charge in [-0.1, -0.05) is 58.4 Å². The first-order valence-corrected chi connectivity index (χ1v) is 10.1. The molecule has 0 aliphatic rings. The molecule has 0 aliphatic carbocycles. The summed E-state index contributed by atoms with van der Waals surface area (Å²) in [5, 5.41) is 14.6. The Labute approximate surface area is 186 Å². The average Bonchev–Trinajstić information content (AvgIpc) is 3.28. The fourth-order valence-corrected chi connectivity index (χ4v) is 3.22. The maximum Gasteiger partial charge on any atom is 0.326 e. The van der Waals surface area contributed by atoms with E-state index in [-0.39, 0.29) is 17.9 Å². The third-order valence-electron chi connectivity index (χ3n) is 4.28. The fraction of sp³-hybridized carbons (Fsp3) is 0.0870. The standard InChI is InChI=1S/C23H19BrN2O5/c24-17-9-4-8-16(12-17)14-18(25-22(28)20-10-5-11-31-20)21(27)26-19(23(29)30)13-15-6-2-1-3-7-15/h1-12,14,19H,13H2,(H,25,28)(H,26,27)(H,29,30)/b18-14-/t19-/m0/s1. The molecule has 0 aliphatic heterocycles. The number of hydrogen-bond acceptors (Lipinski definition) is 4. The lowest BCUT2D eigenvalue weighted by atomic mass is 10.1. The van der Waals surface area contributed by atoms with Crippen molar-refractivity contribution in [3.05, 3.63) is 100 Å². The second-order valence-corrected chi connectivity index (χ2v) is 7.51. The smallest absolute Gasteiger partial charge is 0.326 e. The molecule has 0 radical (unpaired) electrons. The number of rotatable bonds is 8. The van der Waals surface area contributed by atoms with Gasteiger partial charge < -0.3 is 20.2 Å². The number of aliphatic carboxylic acids is 1. The van der Waals surface area contributed by atoms with Crippen molar-refractivity contribution in [2.45, 2.75) is 12.5 Å². The van der Waals surface area contributed by atoms with Gasteiger partial charge in [-0.3, -0.25) is 9.59 Å². The van der Waals surface area contributed by atoms with Crippen LogP contribution in [0.15, 0.2) is 87.6 Å². The molecule has 0 fully saturated rings. The minimum atomic E-state index is -1.18. The monoisotopic (exact) mass is 482 g/mol. The maximum atomic E-state index is 12.9. The molecule has 31 heavy (non-hydrogen) atoms. The number of carboxylic acid groups (broad SMARTS) is 1. The van der Waals surface area contributed by atoms with Gasteiger partial charge in [0.25, 0.3) is 11.8 Å². The number of benzene rings is 2. The Morgan fingerprint density at radius 3 is 2.45 bits per heavy atom. The molecule has 0 bridgehead atoms. The van der Waals surface area contributed by atoms with Crippen LogP contribution in [0.25, 0.3) is 6.08 Å². The van der Waals surface area contributed by atoms with Gasteiger partial charge in [-0.05, 0) is 41.5 Å². The van der Waals surface area contributed by atoms with Crippen LogP contribution in [0, 0.1) is 0 Å². The molecule has 158 valence electrons. The summed E-state index contributed by atoms with van der Waals surface area (Å²) in [5.74, 6) is -2.53. The molecule has 3 rings (SSSR count). The predicted molar refractivity (Wildman–Crippen MR) is 118 cm³/mol. The molecule has 0 spiro atoms. The van der Waals surface area contributed by atoms with Crippen LogP contribution >= 0.6 is 15.9 Å². The van der Waals surface area contributed by atoms with Crippen molar-refractivity contribution >= 4 is 39.8 Å². The molecule has 7 nitrogen and oxygen atoms in total. The Morgan fingerprint density at radius 1 is 1.03 bits per heavy atom. The van der Waals surface area contributed by atoms with Gasteiger partial charge in [-0.15, -0.1) is 0 Å². The lowest BCUT2D eigenvalue weighted by molar-refractivity contribution is -0.141. The van der Waals surface area contributed by atoms with Crippen LogP contribution < -0.4 is 10.6 Å². The number of carbonyl (C=O) groups excluding carboxylic acids is 2. The van der Waals surface area contributed by atoms with Gasteiger partial charge in [0.2, 0.25) is 0 Å². The molecule has 1 heterocycles. The van der Waals surface area contributed by atoms with E-state index in [0.717, 1.165) is 10.0 Å². The van der Waals surface area contributed by atoms with E-state index < -0.39 is 23.8 Å². The molecule has 0 saturated carbocycles. The van der Waals surface area contributed by atoms with E-state index in [1.807, 2.05) is 12.1 Å². The van der Waals surface area contributed by atoms with Crippen molar-refractivity contribution in [2.75, 3.05) is 0 Å². The zero-order chi connectivity index (χ0) is 22.2. The number of carbonyl (C=O) groups is 3. The Hall–Kier alpha value is -3.65. The molecule has 3 N–H and O–H groups in total. The van der Waals surface area contributed by atoms with Crippen molar-refractivity contribution in [1.29, 1.82) is 0 Å². The Bertz CT molecular complexity index is 1090. The number of halogens is 1. The Morgan fingerprint density at radius 2 is 1.81 bits per heavy atom. The van der Waals surface area contributed by atoms with E-state index >= 15 is 0 Å². The Kier molecular flexibility index (Phi) is 7.40. The van der Waals surface area contributed by atoms with Crippen molar-refractivity contribution in [3.8, 4) is 0 Å². The van der Waals surface area contributed by atoms with Crippen molar-refractivity contribution in [1.82, 2.24) is 10.6 Å². The van der Waals surface area contributed by atoms with Gasteiger partial charge in [-0.2, -0.15) is 0 Å².